The molecule has 2 atom stereocenters. The van der Waals surface area contributed by atoms with Crippen LogP contribution in [0.5, 0.6) is 11.5 Å². The van der Waals surface area contributed by atoms with Gasteiger partial charge in [0, 0.05) is 50.6 Å². The van der Waals surface area contributed by atoms with Gasteiger partial charge in [0.25, 0.3) is 11.9 Å². The first-order valence-electron chi connectivity index (χ1n) is 16.4. The number of nitrogens with two attached hydrogens (primary N) is 2. The van der Waals surface area contributed by atoms with Gasteiger partial charge in [-0.1, -0.05) is 10.9 Å². The van der Waals surface area contributed by atoms with Gasteiger partial charge in [0.1, 0.15) is 11.5 Å². The van der Waals surface area contributed by atoms with Crippen molar-refractivity contribution in [1.29, 1.82) is 10.8 Å². The Balaban J connectivity index is 1.61. The number of amides is 2. The molecule has 0 fully saturated rings. The minimum atomic E-state index is -0.916. The first-order valence-corrected chi connectivity index (χ1v) is 16.4. The van der Waals surface area contributed by atoms with Gasteiger partial charge in [-0.2, -0.15) is 0 Å². The largest absolute Gasteiger partial charge is 0.507 e. The molecule has 3 rings (SSSR count). The Kier molecular flexibility index (Phi) is 15.2. The molecule has 2 amide bonds. The highest BCUT2D eigenvalue weighted by molar-refractivity contribution is 6.33. The zero-order valence-corrected chi connectivity index (χ0v) is 28.7. The lowest BCUT2D eigenvalue weighted by atomic mass is 9.81. The Morgan fingerprint density at radius 2 is 1.00 bits per heavy atom. The third-order valence-corrected chi connectivity index (χ3v) is 7.82. The summed E-state index contributed by atoms with van der Waals surface area (Å²) in [4.78, 5) is 73.2. The predicted octanol–water partition coefficient (Wildman–Crippen LogP) is -2.24. The predicted molar refractivity (Wildman–Crippen MR) is 192 cm³/mol. The molecule has 1 aliphatic carbocycles. The van der Waals surface area contributed by atoms with Crippen molar-refractivity contribution < 1.29 is 39.5 Å². The van der Waals surface area contributed by atoms with Crippen LogP contribution in [0.3, 0.4) is 0 Å². The number of nitrogens with zero attached hydrogens (tertiary/aromatic N) is 2. The summed E-state index contributed by atoms with van der Waals surface area (Å²) in [5.41, 5.74) is 14.5. The normalized spacial score (nSPS) is 12.6. The van der Waals surface area contributed by atoms with Gasteiger partial charge in [0.2, 0.25) is 23.4 Å². The number of carbonyl (C=O) groups excluding carboxylic acids is 4. The van der Waals surface area contributed by atoms with Gasteiger partial charge in [0.15, 0.2) is 10.1 Å². The molecular weight excluding hydrogens is 716 g/mol. The van der Waals surface area contributed by atoms with Crippen molar-refractivity contribution in [2.24, 2.45) is 11.5 Å². The monoisotopic (exact) mass is 758 g/mol. The average molecular weight is 759 g/mol. The molecule has 292 valence electrons. The molecule has 0 spiro atoms. The molecule has 24 nitrogen and oxygen atoms in total. The summed E-state index contributed by atoms with van der Waals surface area (Å²) in [7, 11) is 0. The van der Waals surface area contributed by atoms with Crippen molar-refractivity contribution in [3.05, 3.63) is 66.7 Å². The van der Waals surface area contributed by atoms with Gasteiger partial charge in [-0.05, 0) is 49.9 Å². The number of fused-ring (bicyclic) bond motifs is 2. The molecule has 0 saturated heterocycles. The maximum atomic E-state index is 13.8. The van der Waals surface area contributed by atoms with Crippen LogP contribution in [0.4, 0.5) is 11.4 Å². The fourth-order valence-corrected chi connectivity index (χ4v) is 5.28. The minimum Gasteiger partial charge on any atom is -0.507 e. The molecule has 2 aromatic rings. The summed E-state index contributed by atoms with van der Waals surface area (Å²) >= 11 is 0. The number of ketones is 2. The molecule has 0 radical (unpaired) electrons. The van der Waals surface area contributed by atoms with Crippen molar-refractivity contribution in [1.82, 2.24) is 32.1 Å². The average Bonchev–Trinajstić information content (AvgIpc) is 3.11. The van der Waals surface area contributed by atoms with Gasteiger partial charge in [-0.25, -0.2) is 20.2 Å². The Labute approximate surface area is 306 Å². The Bertz CT molecular complexity index is 1660. The van der Waals surface area contributed by atoms with E-state index in [-0.39, 0.29) is 85.7 Å². The Morgan fingerprint density at radius 3 is 1.35 bits per heavy atom. The van der Waals surface area contributed by atoms with E-state index in [2.05, 4.69) is 31.9 Å². The summed E-state index contributed by atoms with van der Waals surface area (Å²) in [5.74, 6) is -4.53. The highest BCUT2D eigenvalue weighted by Gasteiger charge is 2.38. The van der Waals surface area contributed by atoms with E-state index in [0.717, 1.165) is 12.1 Å². The third-order valence-electron chi connectivity index (χ3n) is 7.82. The number of hydrogen-bond acceptors (Lipinski definition) is 16. The third kappa shape index (κ3) is 11.6. The van der Waals surface area contributed by atoms with Crippen molar-refractivity contribution in [2.45, 2.75) is 37.8 Å². The first-order chi connectivity index (χ1) is 25.6. The van der Waals surface area contributed by atoms with E-state index in [4.69, 9.17) is 22.3 Å². The number of rotatable bonds is 20. The minimum absolute atomic E-state index is 0.0442. The van der Waals surface area contributed by atoms with E-state index in [1.165, 1.54) is 12.1 Å². The lowest BCUT2D eigenvalue weighted by Crippen LogP contribution is -2.43. The molecule has 0 aliphatic heterocycles. The summed E-state index contributed by atoms with van der Waals surface area (Å²) in [5, 5.41) is 70.8. The highest BCUT2D eigenvalue weighted by Crippen LogP contribution is 2.42. The SMILES string of the molecule is N=C(NCCCC(N)C(=O)NCCNc1ccc(NCCNC(=O)C(N)CCCNC(=N)N[N+](=O)[O-])c2c1C(=O)c1c(O)ccc(O)c1C2=O)N[N+](=O)[O-]. The van der Waals surface area contributed by atoms with Crippen LogP contribution < -0.4 is 54.2 Å². The number of carbonyl (C=O) groups is 4. The van der Waals surface area contributed by atoms with Crippen LogP contribution >= 0.6 is 0 Å². The van der Waals surface area contributed by atoms with Crippen molar-refractivity contribution in [3.63, 3.8) is 0 Å². The molecule has 16 N–H and O–H groups in total. The van der Waals surface area contributed by atoms with Crippen molar-refractivity contribution in [2.75, 3.05) is 49.9 Å². The Morgan fingerprint density at radius 1 is 0.630 bits per heavy atom. The number of hydrazine groups is 2. The molecule has 2 aromatic carbocycles. The number of nitro groups is 2. The fourth-order valence-electron chi connectivity index (χ4n) is 5.28. The standard InChI is InChI=1S/C30H42N14O10/c31-15(3-1-9-39-29(33)41-43(51)52)27(49)37-13-11-35-17-5-6-18(22-21(17)25(47)23-19(45)7-8-20(46)24(23)26(22)48)36-12-14-38-28(50)16(32)4-2-10-40-30(34)42-44(53)54/h5-8,15-16,35-36,45-46H,1-4,9-14,31-32H2,(H,37,49)(H,38,50)(H3,33,39,41)(H3,34,40,42). The van der Waals surface area contributed by atoms with E-state index in [0.29, 0.717) is 12.8 Å². The fraction of sp³-hybridized carbons (Fsp3) is 0.400. The maximum Gasteiger partial charge on any atom is 0.251 e. The first kappa shape index (κ1) is 41.6. The van der Waals surface area contributed by atoms with Crippen molar-refractivity contribution >= 4 is 46.7 Å². The zero-order valence-electron chi connectivity index (χ0n) is 28.7. The Hall–Kier alpha value is -6.82. The van der Waals surface area contributed by atoms with Gasteiger partial charge in [-0.15, -0.1) is 0 Å². The lowest BCUT2D eigenvalue weighted by Gasteiger charge is -2.25. The molecule has 2 unspecified atom stereocenters. The maximum absolute atomic E-state index is 13.8. The van der Waals surface area contributed by atoms with E-state index >= 15 is 0 Å². The van der Waals surface area contributed by atoms with Crippen LogP contribution in [-0.4, -0.2) is 107 Å². The molecule has 54 heavy (non-hydrogen) atoms. The molecule has 0 heterocycles. The van der Waals surface area contributed by atoms with Crippen LogP contribution in [0.1, 0.15) is 57.5 Å². The van der Waals surface area contributed by atoms with Gasteiger partial charge >= 0.3 is 0 Å². The van der Waals surface area contributed by atoms with Gasteiger partial charge in [-0.3, -0.25) is 30.0 Å². The number of aromatic hydroxyl groups is 2. The second kappa shape index (κ2) is 19.7. The number of benzene rings is 2. The van der Waals surface area contributed by atoms with Crippen LogP contribution in [-0.2, 0) is 9.59 Å². The van der Waals surface area contributed by atoms with Gasteiger partial charge in [0.05, 0.1) is 34.3 Å². The van der Waals surface area contributed by atoms with Crippen molar-refractivity contribution in [3.8, 4) is 11.5 Å². The molecule has 1 aliphatic rings. The summed E-state index contributed by atoms with van der Waals surface area (Å²) < 4.78 is 0. The molecular formula is C30H42N14O10. The number of guanidine groups is 2. The summed E-state index contributed by atoms with van der Waals surface area (Å²) in [6, 6.07) is 3.36. The lowest BCUT2D eigenvalue weighted by molar-refractivity contribution is -0.525. The van der Waals surface area contributed by atoms with E-state index in [1.807, 2.05) is 0 Å². The molecule has 24 heteroatoms. The molecule has 0 aromatic heterocycles. The number of anilines is 2. The second-order valence-corrected chi connectivity index (χ2v) is 11.7. The van der Waals surface area contributed by atoms with Crippen LogP contribution in [0.25, 0.3) is 0 Å². The topological polar surface area (TPSA) is 391 Å². The van der Waals surface area contributed by atoms with E-state index in [1.54, 1.807) is 10.9 Å². The number of phenolic OH excluding ortho intramolecular Hbond substituents is 2. The molecule has 0 bridgehead atoms. The zero-order chi connectivity index (χ0) is 39.9. The molecule has 0 saturated carbocycles. The smallest absolute Gasteiger partial charge is 0.251 e. The summed E-state index contributed by atoms with van der Waals surface area (Å²) in [6.45, 7) is 0.554. The van der Waals surface area contributed by atoms with Crippen LogP contribution in [0, 0.1) is 31.0 Å². The number of phenols is 2. The van der Waals surface area contributed by atoms with Crippen LogP contribution in [0.2, 0.25) is 0 Å². The number of hydrogen-bond donors (Lipinski definition) is 14. The summed E-state index contributed by atoms with van der Waals surface area (Å²) in [6.07, 6.45) is 1.09. The van der Waals surface area contributed by atoms with E-state index in [9.17, 15) is 49.6 Å². The van der Waals surface area contributed by atoms with E-state index < -0.39 is 68.9 Å². The second-order valence-electron chi connectivity index (χ2n) is 11.7. The van der Waals surface area contributed by atoms with Gasteiger partial charge < -0.3 is 53.6 Å². The quantitative estimate of drug-likeness (QED) is 0.0144. The highest BCUT2D eigenvalue weighted by atomic mass is 16.7. The number of nitrogens with one attached hydrogen (secondary N) is 10. The van der Waals surface area contributed by atoms with Crippen LogP contribution in [0.15, 0.2) is 24.3 Å².